The average molecular weight is 490 g/mol. The molecule has 0 aliphatic carbocycles. The number of imide groups is 1. The molecule has 5 aliphatic rings. The van der Waals surface area contributed by atoms with E-state index in [0.29, 0.717) is 37.6 Å². The Balaban J connectivity index is 1.21. The lowest BCUT2D eigenvalue weighted by molar-refractivity contribution is -0.139. The average Bonchev–Trinajstić information content (AvgIpc) is 3.03. The Morgan fingerprint density at radius 3 is 2.12 bits per heavy atom. The molecule has 0 saturated carbocycles. The number of piperazine rings is 1. The van der Waals surface area contributed by atoms with E-state index in [1.807, 2.05) is 17.0 Å². The van der Waals surface area contributed by atoms with Crippen molar-refractivity contribution < 1.29 is 18.0 Å². The Morgan fingerprint density at radius 1 is 0.971 bits per heavy atom. The minimum absolute atomic E-state index is 0.0413. The molecule has 9 nitrogen and oxygen atoms in total. The van der Waals surface area contributed by atoms with E-state index in [4.69, 9.17) is 0 Å². The standard InChI is InChI=1S/C24H35N5O4S/c1-23(2,3)18-4-6-20(7-5-18)34(32,33)28-14-12-27(13-15-28)17-29-21(30)24(25-22(29)31)16-26-10-8-19(24)9-11-26/h4-7,19H,8-17H2,1-3H3,(H,25,31)/t24-/m0/s1. The first-order valence-corrected chi connectivity index (χ1v) is 13.6. The van der Waals surface area contributed by atoms with Crippen molar-refractivity contribution in [3.8, 4) is 0 Å². The monoisotopic (exact) mass is 489 g/mol. The zero-order valence-electron chi connectivity index (χ0n) is 20.3. The molecule has 5 aliphatic heterocycles. The summed E-state index contributed by atoms with van der Waals surface area (Å²) < 4.78 is 27.8. The van der Waals surface area contributed by atoms with Crippen LogP contribution in [0, 0.1) is 5.92 Å². The molecule has 6 rings (SSSR count). The van der Waals surface area contributed by atoms with Crippen LogP contribution in [0.15, 0.2) is 29.2 Å². The van der Waals surface area contributed by atoms with E-state index in [1.165, 1.54) is 9.21 Å². The minimum Gasteiger partial charge on any atom is -0.322 e. The fourth-order valence-corrected chi connectivity index (χ4v) is 7.23. The smallest absolute Gasteiger partial charge is 0.322 e. The number of amides is 3. The van der Waals surface area contributed by atoms with Crippen molar-refractivity contribution >= 4 is 22.0 Å². The number of fused-ring (bicyclic) bond motifs is 2. The zero-order chi connectivity index (χ0) is 24.3. The molecule has 1 N–H and O–H groups in total. The van der Waals surface area contributed by atoms with Gasteiger partial charge in [0.25, 0.3) is 5.91 Å². The summed E-state index contributed by atoms with van der Waals surface area (Å²) in [6.45, 7) is 10.7. The highest BCUT2D eigenvalue weighted by molar-refractivity contribution is 7.89. The molecule has 1 aromatic carbocycles. The quantitative estimate of drug-likeness (QED) is 0.641. The molecule has 1 atom stereocenters. The lowest BCUT2D eigenvalue weighted by Gasteiger charge is -2.49. The van der Waals surface area contributed by atoms with Gasteiger partial charge in [-0.15, -0.1) is 0 Å². The molecule has 1 spiro atoms. The van der Waals surface area contributed by atoms with Gasteiger partial charge in [0.2, 0.25) is 10.0 Å². The van der Waals surface area contributed by atoms with Gasteiger partial charge >= 0.3 is 6.03 Å². The summed E-state index contributed by atoms with van der Waals surface area (Å²) in [6.07, 6.45) is 1.88. The van der Waals surface area contributed by atoms with Gasteiger partial charge in [-0.25, -0.2) is 18.1 Å². The molecule has 10 heteroatoms. The molecule has 2 bridgehead atoms. The Labute approximate surface area is 202 Å². The zero-order valence-corrected chi connectivity index (χ0v) is 21.1. The molecule has 5 saturated heterocycles. The van der Waals surface area contributed by atoms with E-state index in [0.717, 1.165) is 31.5 Å². The van der Waals surface area contributed by atoms with Gasteiger partial charge in [0.1, 0.15) is 5.54 Å². The van der Waals surface area contributed by atoms with Crippen molar-refractivity contribution in [1.82, 2.24) is 24.3 Å². The van der Waals surface area contributed by atoms with Crippen LogP contribution in [0.3, 0.4) is 0 Å². The maximum atomic E-state index is 13.3. The third-order valence-electron chi connectivity index (χ3n) is 7.99. The first-order valence-electron chi connectivity index (χ1n) is 12.2. The number of nitrogens with one attached hydrogen (secondary N) is 1. The van der Waals surface area contributed by atoms with E-state index < -0.39 is 15.6 Å². The Morgan fingerprint density at radius 2 is 1.59 bits per heavy atom. The number of rotatable bonds is 4. The first kappa shape index (κ1) is 23.7. The normalized spacial score (nSPS) is 30.9. The van der Waals surface area contributed by atoms with Gasteiger partial charge in [0.15, 0.2) is 0 Å². The molecule has 5 heterocycles. The predicted molar refractivity (Wildman–Crippen MR) is 128 cm³/mol. The second-order valence-corrected chi connectivity index (χ2v) is 13.1. The van der Waals surface area contributed by atoms with Gasteiger partial charge < -0.3 is 10.2 Å². The highest BCUT2D eigenvalue weighted by Gasteiger charge is 2.59. The highest BCUT2D eigenvalue weighted by Crippen LogP contribution is 2.39. The van der Waals surface area contributed by atoms with Gasteiger partial charge in [0.05, 0.1) is 11.6 Å². The van der Waals surface area contributed by atoms with Gasteiger partial charge in [0, 0.05) is 32.7 Å². The second kappa shape index (κ2) is 8.29. The van der Waals surface area contributed by atoms with Crippen LogP contribution in [-0.4, -0.2) is 97.4 Å². The SMILES string of the molecule is CC(C)(C)c1ccc(S(=O)(=O)N2CCN(CN3C(=O)N[C@]4(CN5CCC4CC5)C3=O)CC2)cc1. The van der Waals surface area contributed by atoms with Gasteiger partial charge in [-0.05, 0) is 55.0 Å². The molecule has 0 aromatic heterocycles. The summed E-state index contributed by atoms with van der Waals surface area (Å²) >= 11 is 0. The van der Waals surface area contributed by atoms with E-state index in [-0.39, 0.29) is 29.9 Å². The highest BCUT2D eigenvalue weighted by atomic mass is 32.2. The Hall–Kier alpha value is -2.01. The Bertz CT molecular complexity index is 1070. The summed E-state index contributed by atoms with van der Waals surface area (Å²) in [5.74, 6) is 0.0755. The van der Waals surface area contributed by atoms with Crippen LogP contribution in [0.1, 0.15) is 39.2 Å². The number of sulfonamides is 1. The second-order valence-electron chi connectivity index (χ2n) is 11.1. The molecular formula is C24H35N5O4S. The van der Waals surface area contributed by atoms with Crippen molar-refractivity contribution in [2.24, 2.45) is 5.92 Å². The van der Waals surface area contributed by atoms with Crippen molar-refractivity contribution in [2.75, 3.05) is 52.5 Å². The lowest BCUT2D eigenvalue weighted by Crippen LogP contribution is -2.67. The number of benzene rings is 1. The molecular weight excluding hydrogens is 454 g/mol. The van der Waals surface area contributed by atoms with Gasteiger partial charge in [-0.3, -0.25) is 9.69 Å². The summed E-state index contributed by atoms with van der Waals surface area (Å²) in [5, 5.41) is 3.02. The number of nitrogens with zero attached hydrogens (tertiary/aromatic N) is 4. The minimum atomic E-state index is -3.58. The van der Waals surface area contributed by atoms with Crippen LogP contribution in [0.5, 0.6) is 0 Å². The van der Waals surface area contributed by atoms with Crippen LogP contribution in [0.4, 0.5) is 4.79 Å². The van der Waals surface area contributed by atoms with Crippen molar-refractivity contribution in [2.45, 2.75) is 49.5 Å². The third kappa shape index (κ3) is 3.94. The largest absolute Gasteiger partial charge is 0.326 e. The number of piperidine rings is 3. The summed E-state index contributed by atoms with van der Waals surface area (Å²) in [5.41, 5.74) is 0.267. The molecule has 34 heavy (non-hydrogen) atoms. The van der Waals surface area contributed by atoms with Crippen LogP contribution in [0.25, 0.3) is 0 Å². The summed E-state index contributed by atoms with van der Waals surface area (Å²) in [7, 11) is -3.58. The predicted octanol–water partition coefficient (Wildman–Crippen LogP) is 1.26. The molecule has 3 amide bonds. The number of hydrogen-bond acceptors (Lipinski definition) is 6. The molecule has 1 aromatic rings. The summed E-state index contributed by atoms with van der Waals surface area (Å²) in [6, 6.07) is 6.80. The fraction of sp³-hybridized carbons (Fsp3) is 0.667. The van der Waals surface area contributed by atoms with Crippen molar-refractivity contribution in [3.63, 3.8) is 0 Å². The maximum Gasteiger partial charge on any atom is 0.326 e. The van der Waals surface area contributed by atoms with Crippen LogP contribution in [-0.2, 0) is 20.2 Å². The van der Waals surface area contributed by atoms with E-state index in [9.17, 15) is 18.0 Å². The van der Waals surface area contributed by atoms with Gasteiger partial charge in [-0.1, -0.05) is 32.9 Å². The Kier molecular flexibility index (Phi) is 5.78. The van der Waals surface area contributed by atoms with E-state index in [2.05, 4.69) is 31.0 Å². The van der Waals surface area contributed by atoms with E-state index in [1.54, 1.807) is 12.1 Å². The van der Waals surface area contributed by atoms with E-state index >= 15 is 0 Å². The molecule has 186 valence electrons. The van der Waals surface area contributed by atoms with Crippen LogP contribution in [0.2, 0.25) is 0 Å². The topological polar surface area (TPSA) is 93.3 Å². The maximum absolute atomic E-state index is 13.3. The summed E-state index contributed by atoms with van der Waals surface area (Å²) in [4.78, 5) is 32.0. The van der Waals surface area contributed by atoms with Crippen LogP contribution >= 0.6 is 0 Å². The number of hydrogen-bond donors (Lipinski definition) is 1. The van der Waals surface area contributed by atoms with Crippen LogP contribution < -0.4 is 5.32 Å². The number of urea groups is 1. The van der Waals surface area contributed by atoms with Crippen molar-refractivity contribution in [1.29, 1.82) is 0 Å². The number of carbonyl (C=O) groups is 2. The van der Waals surface area contributed by atoms with Gasteiger partial charge in [-0.2, -0.15) is 4.31 Å². The first-order chi connectivity index (χ1) is 16.0. The molecule has 0 unspecified atom stereocenters. The molecule has 5 fully saturated rings. The fourth-order valence-electron chi connectivity index (χ4n) is 5.81. The van der Waals surface area contributed by atoms with Crippen molar-refractivity contribution in [3.05, 3.63) is 29.8 Å². The third-order valence-corrected chi connectivity index (χ3v) is 9.90. The lowest BCUT2D eigenvalue weighted by atomic mass is 9.73. The molecule has 0 radical (unpaired) electrons. The number of carbonyl (C=O) groups excluding carboxylic acids is 2.